The standard InChI is InChI=1S/C12H16O3/c1-8-6-9(2)12(15-3)10(7-8)11(14)4-5-13/h6-7,13H,4-5H2,1-3H3. The summed E-state index contributed by atoms with van der Waals surface area (Å²) >= 11 is 0. The van der Waals surface area contributed by atoms with Crippen LogP contribution in [-0.4, -0.2) is 24.6 Å². The molecule has 0 radical (unpaired) electrons. The van der Waals surface area contributed by atoms with E-state index in [-0.39, 0.29) is 18.8 Å². The van der Waals surface area contributed by atoms with E-state index in [2.05, 4.69) is 0 Å². The molecule has 15 heavy (non-hydrogen) atoms. The van der Waals surface area contributed by atoms with Crippen LogP contribution < -0.4 is 4.74 Å². The van der Waals surface area contributed by atoms with Crippen LogP contribution in [0.25, 0.3) is 0 Å². The van der Waals surface area contributed by atoms with E-state index >= 15 is 0 Å². The first-order chi connectivity index (χ1) is 7.10. The summed E-state index contributed by atoms with van der Waals surface area (Å²) in [6, 6.07) is 3.76. The van der Waals surface area contributed by atoms with Crippen molar-refractivity contribution in [1.29, 1.82) is 0 Å². The van der Waals surface area contributed by atoms with Gasteiger partial charge in [-0.05, 0) is 31.0 Å². The van der Waals surface area contributed by atoms with Crippen LogP contribution in [0.4, 0.5) is 0 Å². The molecule has 0 bridgehead atoms. The van der Waals surface area contributed by atoms with Gasteiger partial charge in [0.25, 0.3) is 0 Å². The lowest BCUT2D eigenvalue weighted by Crippen LogP contribution is -2.06. The average Bonchev–Trinajstić information content (AvgIpc) is 2.17. The molecule has 0 amide bonds. The Morgan fingerprint density at radius 1 is 1.40 bits per heavy atom. The largest absolute Gasteiger partial charge is 0.496 e. The van der Waals surface area contributed by atoms with E-state index in [0.717, 1.165) is 11.1 Å². The van der Waals surface area contributed by atoms with Crippen molar-refractivity contribution in [1.82, 2.24) is 0 Å². The number of hydrogen-bond donors (Lipinski definition) is 1. The number of methoxy groups -OCH3 is 1. The fraction of sp³-hybridized carbons (Fsp3) is 0.417. The number of hydrogen-bond acceptors (Lipinski definition) is 3. The third kappa shape index (κ3) is 2.57. The van der Waals surface area contributed by atoms with Crippen molar-refractivity contribution in [3.05, 3.63) is 28.8 Å². The van der Waals surface area contributed by atoms with Crippen LogP contribution >= 0.6 is 0 Å². The summed E-state index contributed by atoms with van der Waals surface area (Å²) in [5.41, 5.74) is 2.53. The Kier molecular flexibility index (Phi) is 3.86. The summed E-state index contributed by atoms with van der Waals surface area (Å²) in [4.78, 5) is 11.7. The van der Waals surface area contributed by atoms with Gasteiger partial charge in [0.15, 0.2) is 5.78 Å². The molecule has 0 fully saturated rings. The molecule has 0 aliphatic rings. The van der Waals surface area contributed by atoms with Gasteiger partial charge in [-0.25, -0.2) is 0 Å². The van der Waals surface area contributed by atoms with Crippen LogP contribution in [0.15, 0.2) is 12.1 Å². The summed E-state index contributed by atoms with van der Waals surface area (Å²) in [7, 11) is 1.55. The van der Waals surface area contributed by atoms with Gasteiger partial charge in [-0.2, -0.15) is 0 Å². The molecule has 0 saturated carbocycles. The number of aryl methyl sites for hydroxylation is 2. The second-order valence-electron chi connectivity index (χ2n) is 3.56. The van der Waals surface area contributed by atoms with Gasteiger partial charge >= 0.3 is 0 Å². The Hall–Kier alpha value is -1.35. The third-order valence-corrected chi connectivity index (χ3v) is 2.26. The zero-order valence-electron chi connectivity index (χ0n) is 9.33. The number of aliphatic hydroxyl groups excluding tert-OH is 1. The number of carbonyl (C=O) groups excluding carboxylic acids is 1. The number of ether oxygens (including phenoxy) is 1. The molecule has 1 N–H and O–H groups in total. The van der Waals surface area contributed by atoms with Crippen molar-refractivity contribution in [2.24, 2.45) is 0 Å². The Morgan fingerprint density at radius 2 is 2.07 bits per heavy atom. The number of benzene rings is 1. The molecule has 0 aliphatic carbocycles. The van der Waals surface area contributed by atoms with E-state index in [1.807, 2.05) is 19.9 Å². The number of Topliss-reactive ketones (excluding diaryl/α,β-unsaturated/α-hetero) is 1. The van der Waals surface area contributed by atoms with Gasteiger partial charge in [-0.3, -0.25) is 4.79 Å². The fourth-order valence-electron chi connectivity index (χ4n) is 1.67. The molecule has 0 aromatic heterocycles. The Balaban J connectivity index is 3.20. The highest BCUT2D eigenvalue weighted by atomic mass is 16.5. The van der Waals surface area contributed by atoms with E-state index in [1.54, 1.807) is 13.2 Å². The monoisotopic (exact) mass is 208 g/mol. The maximum absolute atomic E-state index is 11.7. The van der Waals surface area contributed by atoms with Gasteiger partial charge in [0.1, 0.15) is 5.75 Å². The van der Waals surface area contributed by atoms with Crippen molar-refractivity contribution in [2.45, 2.75) is 20.3 Å². The molecule has 0 atom stereocenters. The molecule has 1 rings (SSSR count). The topological polar surface area (TPSA) is 46.5 Å². The van der Waals surface area contributed by atoms with Crippen molar-refractivity contribution in [3.63, 3.8) is 0 Å². The van der Waals surface area contributed by atoms with E-state index in [4.69, 9.17) is 9.84 Å². The molecular weight excluding hydrogens is 192 g/mol. The van der Waals surface area contributed by atoms with Crippen LogP contribution in [0.3, 0.4) is 0 Å². The molecule has 1 aromatic carbocycles. The minimum Gasteiger partial charge on any atom is -0.496 e. The molecule has 0 saturated heterocycles. The first-order valence-corrected chi connectivity index (χ1v) is 4.89. The zero-order chi connectivity index (χ0) is 11.4. The fourth-order valence-corrected chi connectivity index (χ4v) is 1.67. The van der Waals surface area contributed by atoms with Crippen LogP contribution in [0, 0.1) is 13.8 Å². The van der Waals surface area contributed by atoms with Crippen molar-refractivity contribution in [3.8, 4) is 5.75 Å². The van der Waals surface area contributed by atoms with E-state index in [9.17, 15) is 4.79 Å². The second-order valence-corrected chi connectivity index (χ2v) is 3.56. The average molecular weight is 208 g/mol. The minimum atomic E-state index is -0.130. The molecule has 82 valence electrons. The summed E-state index contributed by atoms with van der Waals surface area (Å²) < 4.78 is 5.20. The van der Waals surface area contributed by atoms with Gasteiger partial charge in [0.2, 0.25) is 0 Å². The first kappa shape index (κ1) is 11.7. The Labute approximate surface area is 89.7 Å². The lowest BCUT2D eigenvalue weighted by atomic mass is 10.0. The highest BCUT2D eigenvalue weighted by Crippen LogP contribution is 2.26. The molecule has 3 nitrogen and oxygen atoms in total. The normalized spacial score (nSPS) is 10.1. The predicted octanol–water partition coefficient (Wildman–Crippen LogP) is 1.88. The Morgan fingerprint density at radius 3 is 2.60 bits per heavy atom. The molecule has 1 aromatic rings. The predicted molar refractivity (Wildman–Crippen MR) is 58.5 cm³/mol. The first-order valence-electron chi connectivity index (χ1n) is 4.89. The van der Waals surface area contributed by atoms with Crippen LogP contribution in [0.5, 0.6) is 5.75 Å². The van der Waals surface area contributed by atoms with E-state index in [0.29, 0.717) is 11.3 Å². The highest BCUT2D eigenvalue weighted by molar-refractivity contribution is 5.99. The second kappa shape index (κ2) is 4.94. The molecule has 3 heteroatoms. The molecule has 0 unspecified atom stereocenters. The molecule has 0 aliphatic heterocycles. The molecule has 0 heterocycles. The maximum Gasteiger partial charge on any atom is 0.168 e. The number of rotatable bonds is 4. The number of carbonyl (C=O) groups is 1. The minimum absolute atomic E-state index is 0.0823. The van der Waals surface area contributed by atoms with Crippen molar-refractivity contribution >= 4 is 5.78 Å². The quantitative estimate of drug-likeness (QED) is 0.768. The van der Waals surface area contributed by atoms with Crippen LogP contribution in [0.2, 0.25) is 0 Å². The number of aliphatic hydroxyl groups is 1. The highest BCUT2D eigenvalue weighted by Gasteiger charge is 2.14. The molecular formula is C12H16O3. The van der Waals surface area contributed by atoms with Crippen molar-refractivity contribution in [2.75, 3.05) is 13.7 Å². The van der Waals surface area contributed by atoms with Gasteiger partial charge in [0.05, 0.1) is 19.3 Å². The molecule has 0 spiro atoms. The van der Waals surface area contributed by atoms with Gasteiger partial charge in [0, 0.05) is 6.42 Å². The van der Waals surface area contributed by atoms with Crippen LogP contribution in [-0.2, 0) is 0 Å². The lowest BCUT2D eigenvalue weighted by Gasteiger charge is -2.11. The van der Waals surface area contributed by atoms with Crippen molar-refractivity contribution < 1.29 is 14.6 Å². The summed E-state index contributed by atoms with van der Waals surface area (Å²) in [6.07, 6.45) is 0.138. The SMILES string of the molecule is COc1c(C)cc(C)cc1C(=O)CCO. The third-order valence-electron chi connectivity index (χ3n) is 2.26. The van der Waals surface area contributed by atoms with E-state index in [1.165, 1.54) is 0 Å². The zero-order valence-corrected chi connectivity index (χ0v) is 9.33. The Bertz CT molecular complexity index is 369. The van der Waals surface area contributed by atoms with Crippen LogP contribution in [0.1, 0.15) is 27.9 Å². The van der Waals surface area contributed by atoms with Gasteiger partial charge in [-0.15, -0.1) is 0 Å². The van der Waals surface area contributed by atoms with E-state index < -0.39 is 0 Å². The summed E-state index contributed by atoms with van der Waals surface area (Å²) in [5, 5.41) is 8.74. The number of ketones is 1. The van der Waals surface area contributed by atoms with Gasteiger partial charge < -0.3 is 9.84 Å². The maximum atomic E-state index is 11.7. The summed E-state index contributed by atoms with van der Waals surface area (Å²) in [6.45, 7) is 3.71. The smallest absolute Gasteiger partial charge is 0.168 e. The lowest BCUT2D eigenvalue weighted by molar-refractivity contribution is 0.0953. The van der Waals surface area contributed by atoms with Gasteiger partial charge in [-0.1, -0.05) is 6.07 Å². The summed E-state index contributed by atoms with van der Waals surface area (Å²) in [5.74, 6) is 0.528.